The van der Waals surface area contributed by atoms with Gasteiger partial charge in [0.05, 0.1) is 13.2 Å². The van der Waals surface area contributed by atoms with Crippen molar-refractivity contribution in [1.29, 1.82) is 0 Å². The second-order valence-corrected chi connectivity index (χ2v) is 7.50. The highest BCUT2D eigenvalue weighted by atomic mass is 16.5. The van der Waals surface area contributed by atoms with Gasteiger partial charge in [-0.05, 0) is 54.3 Å². The molecule has 1 heterocycles. The van der Waals surface area contributed by atoms with Crippen molar-refractivity contribution in [3.63, 3.8) is 0 Å². The summed E-state index contributed by atoms with van der Waals surface area (Å²) in [5, 5.41) is 10.9. The molecule has 1 amide bonds. The van der Waals surface area contributed by atoms with Crippen LogP contribution in [0.5, 0.6) is 5.75 Å². The zero-order chi connectivity index (χ0) is 21.3. The van der Waals surface area contributed by atoms with E-state index in [2.05, 4.69) is 19.1 Å². The molecule has 3 aromatic carbocycles. The third-order valence-corrected chi connectivity index (χ3v) is 5.63. The second-order valence-electron chi connectivity index (χ2n) is 7.50. The lowest BCUT2D eigenvalue weighted by molar-refractivity contribution is -0.117. The summed E-state index contributed by atoms with van der Waals surface area (Å²) in [7, 11) is 1.61. The van der Waals surface area contributed by atoms with Crippen molar-refractivity contribution in [3.8, 4) is 5.75 Å². The van der Waals surface area contributed by atoms with Gasteiger partial charge in [0.15, 0.2) is 5.76 Å². The molecule has 1 aliphatic heterocycles. The summed E-state index contributed by atoms with van der Waals surface area (Å²) in [6.45, 7) is 4.13. The van der Waals surface area contributed by atoms with Crippen LogP contribution in [0.3, 0.4) is 0 Å². The highest BCUT2D eigenvalue weighted by molar-refractivity contribution is 6.16. The van der Waals surface area contributed by atoms with E-state index >= 15 is 0 Å². The first-order valence-electron chi connectivity index (χ1n) is 10.1. The van der Waals surface area contributed by atoms with Crippen LogP contribution in [0, 0.1) is 6.92 Å². The first-order chi connectivity index (χ1) is 14.5. The van der Waals surface area contributed by atoms with E-state index < -0.39 is 11.9 Å². The molecule has 1 N–H and O–H groups in total. The SMILES string of the molecule is CCc1ccc(C2C(c3ccc(C)cc3)=C(O)C(=O)N2c2ccc(OC)cc2)cc1. The molecule has 4 rings (SSSR count). The third kappa shape index (κ3) is 3.45. The van der Waals surface area contributed by atoms with E-state index in [9.17, 15) is 9.90 Å². The molecule has 152 valence electrons. The van der Waals surface area contributed by atoms with Crippen LogP contribution in [0.15, 0.2) is 78.6 Å². The molecule has 3 aromatic rings. The zero-order valence-electron chi connectivity index (χ0n) is 17.4. The number of methoxy groups -OCH3 is 1. The monoisotopic (exact) mass is 399 g/mol. The summed E-state index contributed by atoms with van der Waals surface area (Å²) < 4.78 is 5.26. The maximum absolute atomic E-state index is 13.2. The number of aliphatic hydroxyl groups is 1. The molecule has 0 saturated carbocycles. The smallest absolute Gasteiger partial charge is 0.294 e. The molecular weight excluding hydrogens is 374 g/mol. The van der Waals surface area contributed by atoms with Crippen LogP contribution in [0.1, 0.15) is 35.2 Å². The third-order valence-electron chi connectivity index (χ3n) is 5.63. The summed E-state index contributed by atoms with van der Waals surface area (Å²) in [5.41, 5.74) is 5.48. The van der Waals surface area contributed by atoms with E-state index in [4.69, 9.17) is 4.74 Å². The summed E-state index contributed by atoms with van der Waals surface area (Å²) in [6, 6.07) is 23.0. The van der Waals surface area contributed by atoms with Gasteiger partial charge in [-0.2, -0.15) is 0 Å². The van der Waals surface area contributed by atoms with E-state index in [-0.39, 0.29) is 5.76 Å². The molecule has 1 aliphatic rings. The van der Waals surface area contributed by atoms with Gasteiger partial charge in [0.25, 0.3) is 5.91 Å². The average molecular weight is 399 g/mol. The second kappa shape index (κ2) is 8.07. The van der Waals surface area contributed by atoms with Gasteiger partial charge < -0.3 is 9.84 Å². The maximum Gasteiger partial charge on any atom is 0.294 e. The Morgan fingerprint density at radius 1 is 0.933 bits per heavy atom. The molecule has 1 atom stereocenters. The number of carbonyl (C=O) groups is 1. The molecule has 0 saturated heterocycles. The molecule has 4 nitrogen and oxygen atoms in total. The highest BCUT2D eigenvalue weighted by Crippen LogP contribution is 2.45. The maximum atomic E-state index is 13.2. The van der Waals surface area contributed by atoms with Gasteiger partial charge in [-0.3, -0.25) is 9.69 Å². The van der Waals surface area contributed by atoms with Crippen molar-refractivity contribution in [2.45, 2.75) is 26.3 Å². The molecular formula is C26H25NO3. The number of anilines is 1. The standard InChI is InChI=1S/C26H25NO3/c1-4-18-7-11-20(12-8-18)24-23(19-9-5-17(2)6-10-19)25(28)26(29)27(24)21-13-15-22(30-3)16-14-21/h5-16,24,28H,4H2,1-3H3. The Hall–Kier alpha value is -3.53. The molecule has 1 unspecified atom stereocenters. The lowest BCUT2D eigenvalue weighted by Gasteiger charge is -2.28. The van der Waals surface area contributed by atoms with E-state index in [1.807, 2.05) is 67.6 Å². The van der Waals surface area contributed by atoms with Crippen molar-refractivity contribution in [1.82, 2.24) is 0 Å². The van der Waals surface area contributed by atoms with Gasteiger partial charge in [0, 0.05) is 11.3 Å². The Balaban J connectivity index is 1.86. The molecule has 0 fully saturated rings. The van der Waals surface area contributed by atoms with E-state index in [1.165, 1.54) is 5.56 Å². The number of amides is 1. The van der Waals surface area contributed by atoms with Crippen LogP contribution < -0.4 is 9.64 Å². The van der Waals surface area contributed by atoms with Crippen molar-refractivity contribution < 1.29 is 14.6 Å². The van der Waals surface area contributed by atoms with E-state index in [0.717, 1.165) is 23.1 Å². The van der Waals surface area contributed by atoms with Gasteiger partial charge in [-0.25, -0.2) is 0 Å². The van der Waals surface area contributed by atoms with Gasteiger partial charge in [-0.1, -0.05) is 61.0 Å². The van der Waals surface area contributed by atoms with Crippen LogP contribution in [0.2, 0.25) is 0 Å². The molecule has 0 radical (unpaired) electrons. The Morgan fingerprint density at radius 2 is 1.57 bits per heavy atom. The molecule has 4 heteroatoms. The van der Waals surface area contributed by atoms with Crippen molar-refractivity contribution in [2.24, 2.45) is 0 Å². The molecule has 0 spiro atoms. The van der Waals surface area contributed by atoms with E-state index in [0.29, 0.717) is 17.0 Å². The number of hydrogen-bond acceptors (Lipinski definition) is 3. The lowest BCUT2D eigenvalue weighted by Crippen LogP contribution is -2.30. The number of hydrogen-bond donors (Lipinski definition) is 1. The largest absolute Gasteiger partial charge is 0.503 e. The zero-order valence-corrected chi connectivity index (χ0v) is 17.4. The quantitative estimate of drug-likeness (QED) is 0.605. The normalized spacial score (nSPS) is 16.3. The number of rotatable bonds is 5. The van der Waals surface area contributed by atoms with Crippen LogP contribution >= 0.6 is 0 Å². The minimum atomic E-state index is -0.417. The number of aliphatic hydroxyl groups excluding tert-OH is 1. The van der Waals surface area contributed by atoms with Crippen molar-refractivity contribution in [3.05, 3.63) is 101 Å². The fraction of sp³-hybridized carbons (Fsp3) is 0.192. The predicted octanol–water partition coefficient (Wildman–Crippen LogP) is 5.62. The Bertz CT molecular complexity index is 1080. The summed E-state index contributed by atoms with van der Waals surface area (Å²) in [6.07, 6.45) is 0.942. The van der Waals surface area contributed by atoms with Crippen LogP contribution in [0.4, 0.5) is 5.69 Å². The Morgan fingerprint density at radius 3 is 2.13 bits per heavy atom. The van der Waals surface area contributed by atoms with Crippen molar-refractivity contribution >= 4 is 17.2 Å². The number of benzene rings is 3. The minimum absolute atomic E-state index is 0.209. The van der Waals surface area contributed by atoms with Crippen LogP contribution in [-0.2, 0) is 11.2 Å². The summed E-state index contributed by atoms with van der Waals surface area (Å²) in [5.74, 6) is 0.102. The van der Waals surface area contributed by atoms with Crippen molar-refractivity contribution in [2.75, 3.05) is 12.0 Å². The average Bonchev–Trinajstić information content (AvgIpc) is 3.05. The predicted molar refractivity (Wildman–Crippen MR) is 120 cm³/mol. The number of nitrogens with zero attached hydrogens (tertiary/aromatic N) is 1. The van der Waals surface area contributed by atoms with Gasteiger partial charge in [-0.15, -0.1) is 0 Å². The van der Waals surface area contributed by atoms with Gasteiger partial charge in [0.1, 0.15) is 5.75 Å². The molecule has 30 heavy (non-hydrogen) atoms. The Kier molecular flexibility index (Phi) is 5.32. The molecule has 0 bridgehead atoms. The lowest BCUT2D eigenvalue weighted by atomic mass is 9.92. The van der Waals surface area contributed by atoms with E-state index in [1.54, 1.807) is 12.0 Å². The highest BCUT2D eigenvalue weighted by Gasteiger charge is 2.41. The minimum Gasteiger partial charge on any atom is -0.503 e. The fourth-order valence-electron chi connectivity index (χ4n) is 3.89. The first kappa shape index (κ1) is 19.8. The topological polar surface area (TPSA) is 49.8 Å². The fourth-order valence-corrected chi connectivity index (χ4v) is 3.89. The van der Waals surface area contributed by atoms with Crippen LogP contribution in [-0.4, -0.2) is 18.1 Å². The number of carbonyl (C=O) groups excluding carboxylic acids is 1. The summed E-state index contributed by atoms with van der Waals surface area (Å²) in [4.78, 5) is 14.9. The number of ether oxygens (including phenoxy) is 1. The summed E-state index contributed by atoms with van der Waals surface area (Å²) >= 11 is 0. The Labute approximate surface area is 177 Å². The number of aryl methyl sites for hydroxylation is 2. The molecule has 0 aromatic heterocycles. The first-order valence-corrected chi connectivity index (χ1v) is 10.1. The van der Waals surface area contributed by atoms with Crippen LogP contribution in [0.25, 0.3) is 5.57 Å². The van der Waals surface area contributed by atoms with Gasteiger partial charge >= 0.3 is 0 Å². The molecule has 0 aliphatic carbocycles. The van der Waals surface area contributed by atoms with Gasteiger partial charge in [0.2, 0.25) is 0 Å².